The number of hydrogen-bond donors (Lipinski definition) is 2. The van der Waals surface area contributed by atoms with Crippen LogP contribution in [0.15, 0.2) is 51.9 Å². The number of hydrogen-bond acceptors (Lipinski definition) is 2. The van der Waals surface area contributed by atoms with Gasteiger partial charge in [0.25, 0.3) is 0 Å². The van der Waals surface area contributed by atoms with Crippen molar-refractivity contribution in [3.63, 3.8) is 0 Å². The van der Waals surface area contributed by atoms with Crippen molar-refractivity contribution in [2.75, 3.05) is 21.1 Å². The lowest BCUT2D eigenvalue weighted by Gasteiger charge is -2.19. The van der Waals surface area contributed by atoms with Gasteiger partial charge in [-0.1, -0.05) is 40.2 Å². The molecule has 1 atom stereocenters. The van der Waals surface area contributed by atoms with Crippen LogP contribution in [0.5, 0.6) is 0 Å². The number of nitrogens with one attached hydrogen (secondary N) is 2. The number of aliphatic imine (C=N–C) groups is 1. The molecule has 2 rings (SSSR count). The predicted octanol–water partition coefficient (Wildman–Crippen LogP) is 4.08. The third-order valence-corrected chi connectivity index (χ3v) is 4.73. The summed E-state index contributed by atoms with van der Waals surface area (Å²) in [5.74, 6) is 0.527. The van der Waals surface area contributed by atoms with Gasteiger partial charge in [0, 0.05) is 30.2 Å². The van der Waals surface area contributed by atoms with E-state index >= 15 is 0 Å². The predicted molar refractivity (Wildman–Crippen MR) is 110 cm³/mol. The summed E-state index contributed by atoms with van der Waals surface area (Å²) in [4.78, 5) is 6.24. The topological polar surface area (TPSA) is 39.7 Å². The van der Waals surface area contributed by atoms with Gasteiger partial charge in [0.05, 0.1) is 6.04 Å². The molecule has 0 bridgehead atoms. The molecule has 0 saturated carbocycles. The van der Waals surface area contributed by atoms with E-state index in [1.54, 1.807) is 13.1 Å². The SMILES string of the molecule is CN=C(NCc1ccc(F)c(CN(C)C)c1)NC(C)c1ccccc1Br. The minimum Gasteiger partial charge on any atom is -0.352 e. The second-order valence-corrected chi connectivity index (χ2v) is 7.33. The summed E-state index contributed by atoms with van der Waals surface area (Å²) in [6.45, 7) is 3.23. The first kappa shape index (κ1) is 20.4. The normalized spacial score (nSPS) is 13.0. The zero-order valence-electron chi connectivity index (χ0n) is 15.7. The summed E-state index contributed by atoms with van der Waals surface area (Å²) in [6.07, 6.45) is 0. The van der Waals surface area contributed by atoms with Gasteiger partial charge in [-0.05, 0) is 50.3 Å². The highest BCUT2D eigenvalue weighted by Gasteiger charge is 2.11. The molecule has 0 aromatic heterocycles. The molecule has 26 heavy (non-hydrogen) atoms. The maximum Gasteiger partial charge on any atom is 0.191 e. The zero-order chi connectivity index (χ0) is 19.1. The molecule has 0 spiro atoms. The average molecular weight is 421 g/mol. The van der Waals surface area contributed by atoms with Gasteiger partial charge in [-0.2, -0.15) is 0 Å². The summed E-state index contributed by atoms with van der Waals surface area (Å²) in [7, 11) is 5.60. The highest BCUT2D eigenvalue weighted by Crippen LogP contribution is 2.22. The van der Waals surface area contributed by atoms with Gasteiger partial charge in [-0.25, -0.2) is 4.39 Å². The van der Waals surface area contributed by atoms with E-state index in [9.17, 15) is 4.39 Å². The Bertz CT molecular complexity index is 761. The van der Waals surface area contributed by atoms with Gasteiger partial charge in [-0.3, -0.25) is 4.99 Å². The molecule has 6 heteroatoms. The summed E-state index contributed by atoms with van der Waals surface area (Å²) in [5, 5.41) is 6.67. The maximum atomic E-state index is 13.9. The van der Waals surface area contributed by atoms with Crippen LogP contribution in [0.3, 0.4) is 0 Å². The van der Waals surface area contributed by atoms with Gasteiger partial charge in [-0.15, -0.1) is 0 Å². The van der Waals surface area contributed by atoms with E-state index in [0.717, 1.165) is 15.6 Å². The van der Waals surface area contributed by atoms with Gasteiger partial charge in [0.1, 0.15) is 5.82 Å². The van der Waals surface area contributed by atoms with E-state index in [2.05, 4.69) is 44.5 Å². The largest absolute Gasteiger partial charge is 0.352 e. The van der Waals surface area contributed by atoms with E-state index in [0.29, 0.717) is 24.6 Å². The molecule has 1 unspecified atom stereocenters. The van der Waals surface area contributed by atoms with E-state index in [4.69, 9.17) is 0 Å². The Morgan fingerprint density at radius 3 is 2.62 bits per heavy atom. The lowest BCUT2D eigenvalue weighted by molar-refractivity contribution is 0.392. The van der Waals surface area contributed by atoms with Crippen LogP contribution in [0.2, 0.25) is 0 Å². The van der Waals surface area contributed by atoms with E-state index in [-0.39, 0.29) is 11.9 Å². The molecule has 0 aliphatic heterocycles. The molecule has 4 nitrogen and oxygen atoms in total. The minimum atomic E-state index is -0.174. The molecule has 2 N–H and O–H groups in total. The third-order valence-electron chi connectivity index (χ3n) is 4.01. The Kier molecular flexibility index (Phi) is 7.60. The molecule has 0 aliphatic rings. The molecule has 2 aromatic rings. The summed E-state index contributed by atoms with van der Waals surface area (Å²) in [5.41, 5.74) is 2.86. The van der Waals surface area contributed by atoms with E-state index in [1.807, 2.05) is 43.3 Å². The molecule has 0 saturated heterocycles. The lowest BCUT2D eigenvalue weighted by Crippen LogP contribution is -2.38. The number of guanidine groups is 1. The molecule has 2 aromatic carbocycles. The average Bonchev–Trinajstić information content (AvgIpc) is 2.60. The molecule has 140 valence electrons. The summed E-state index contributed by atoms with van der Waals surface area (Å²) < 4.78 is 15.0. The summed E-state index contributed by atoms with van der Waals surface area (Å²) >= 11 is 3.58. The van der Waals surface area contributed by atoms with Crippen LogP contribution in [0.1, 0.15) is 29.7 Å². The molecule has 0 radical (unpaired) electrons. The lowest BCUT2D eigenvalue weighted by atomic mass is 10.1. The monoisotopic (exact) mass is 420 g/mol. The van der Waals surface area contributed by atoms with Crippen molar-refractivity contribution in [1.82, 2.24) is 15.5 Å². The fourth-order valence-corrected chi connectivity index (χ4v) is 3.32. The fourth-order valence-electron chi connectivity index (χ4n) is 2.69. The standard InChI is InChI=1S/C20H26BrFN4/c1-14(17-7-5-6-8-18(17)21)25-20(23-2)24-12-15-9-10-19(22)16(11-15)13-26(3)4/h5-11,14H,12-13H2,1-4H3,(H2,23,24,25). The van der Waals surface area contributed by atoms with Gasteiger partial charge in [0.15, 0.2) is 5.96 Å². The number of nitrogens with zero attached hydrogens (tertiary/aromatic N) is 2. The molecule has 0 aliphatic carbocycles. The Morgan fingerprint density at radius 1 is 1.23 bits per heavy atom. The van der Waals surface area contributed by atoms with Gasteiger partial charge >= 0.3 is 0 Å². The van der Waals surface area contributed by atoms with Crippen LogP contribution in [-0.2, 0) is 13.1 Å². The van der Waals surface area contributed by atoms with Crippen molar-refractivity contribution in [1.29, 1.82) is 0 Å². The molecular formula is C20H26BrFN4. The Morgan fingerprint density at radius 2 is 1.96 bits per heavy atom. The van der Waals surface area contributed by atoms with Crippen LogP contribution in [0.25, 0.3) is 0 Å². The van der Waals surface area contributed by atoms with E-state index in [1.165, 1.54) is 6.07 Å². The maximum absolute atomic E-state index is 13.9. The minimum absolute atomic E-state index is 0.0919. The van der Waals surface area contributed by atoms with Crippen molar-refractivity contribution in [2.24, 2.45) is 4.99 Å². The van der Waals surface area contributed by atoms with Crippen molar-refractivity contribution in [3.8, 4) is 0 Å². The first-order valence-electron chi connectivity index (χ1n) is 8.54. The molecule has 0 fully saturated rings. The second kappa shape index (κ2) is 9.69. The first-order valence-corrected chi connectivity index (χ1v) is 9.33. The smallest absolute Gasteiger partial charge is 0.191 e. The van der Waals surface area contributed by atoms with Crippen LogP contribution >= 0.6 is 15.9 Å². The van der Waals surface area contributed by atoms with Crippen molar-refractivity contribution >= 4 is 21.9 Å². The third kappa shape index (κ3) is 5.81. The van der Waals surface area contributed by atoms with Gasteiger partial charge < -0.3 is 15.5 Å². The Hall–Kier alpha value is -1.92. The molecule has 0 heterocycles. The van der Waals surface area contributed by atoms with Crippen LogP contribution in [0.4, 0.5) is 4.39 Å². The second-order valence-electron chi connectivity index (χ2n) is 6.48. The Labute approximate surface area is 163 Å². The number of halogens is 2. The Balaban J connectivity index is 2.00. The van der Waals surface area contributed by atoms with Gasteiger partial charge in [0.2, 0.25) is 0 Å². The fraction of sp³-hybridized carbons (Fsp3) is 0.350. The van der Waals surface area contributed by atoms with Crippen LogP contribution in [-0.4, -0.2) is 32.0 Å². The highest BCUT2D eigenvalue weighted by atomic mass is 79.9. The molecular weight excluding hydrogens is 395 g/mol. The first-order chi connectivity index (χ1) is 12.4. The van der Waals surface area contributed by atoms with Crippen LogP contribution < -0.4 is 10.6 Å². The number of rotatable bonds is 6. The van der Waals surface area contributed by atoms with Crippen molar-refractivity contribution in [2.45, 2.75) is 26.1 Å². The van der Waals surface area contributed by atoms with Crippen LogP contribution in [0, 0.1) is 5.82 Å². The molecule has 0 amide bonds. The highest BCUT2D eigenvalue weighted by molar-refractivity contribution is 9.10. The van der Waals surface area contributed by atoms with E-state index < -0.39 is 0 Å². The quantitative estimate of drug-likeness (QED) is 0.546. The van der Waals surface area contributed by atoms with Crippen molar-refractivity contribution < 1.29 is 4.39 Å². The summed E-state index contributed by atoms with van der Waals surface area (Å²) in [6, 6.07) is 13.4. The zero-order valence-corrected chi connectivity index (χ0v) is 17.3. The van der Waals surface area contributed by atoms with Crippen molar-refractivity contribution in [3.05, 3.63) is 69.4 Å². The number of benzene rings is 2.